The number of nitrogens with zero attached hydrogens (tertiary/aromatic N) is 4. The Kier molecular flexibility index (Phi) is 5.01. The van der Waals surface area contributed by atoms with Gasteiger partial charge in [0.25, 0.3) is 0 Å². The lowest BCUT2D eigenvalue weighted by molar-refractivity contribution is -0.116. The highest BCUT2D eigenvalue weighted by Gasteiger charge is 2.39. The van der Waals surface area contributed by atoms with Crippen LogP contribution < -0.4 is 19.5 Å². The Morgan fingerprint density at radius 3 is 2.50 bits per heavy atom. The van der Waals surface area contributed by atoms with Crippen LogP contribution in [0.15, 0.2) is 54.3 Å². The summed E-state index contributed by atoms with van der Waals surface area (Å²) in [5, 5.41) is 7.69. The summed E-state index contributed by atoms with van der Waals surface area (Å²) in [7, 11) is 4.74. The second-order valence-corrected chi connectivity index (χ2v) is 7.72. The van der Waals surface area contributed by atoms with Crippen molar-refractivity contribution >= 4 is 11.7 Å². The van der Waals surface area contributed by atoms with Crippen LogP contribution in [0.3, 0.4) is 0 Å². The highest BCUT2D eigenvalue weighted by atomic mass is 16.5. The summed E-state index contributed by atoms with van der Waals surface area (Å²) in [5.74, 6) is 2.29. The fourth-order valence-electron chi connectivity index (χ4n) is 4.57. The van der Waals surface area contributed by atoms with Crippen molar-refractivity contribution in [3.63, 3.8) is 0 Å². The van der Waals surface area contributed by atoms with Crippen LogP contribution in [-0.2, 0) is 4.79 Å². The first kappa shape index (κ1) is 20.0. The van der Waals surface area contributed by atoms with Gasteiger partial charge in [-0.2, -0.15) is 10.1 Å². The molecule has 0 saturated heterocycles. The number of hydrogen-bond acceptors (Lipinski definition) is 8. The van der Waals surface area contributed by atoms with Gasteiger partial charge in [-0.3, -0.25) is 9.78 Å². The maximum atomic E-state index is 13.5. The van der Waals surface area contributed by atoms with E-state index < -0.39 is 0 Å². The molecule has 3 aromatic rings. The van der Waals surface area contributed by atoms with Gasteiger partial charge < -0.3 is 19.5 Å². The number of pyridine rings is 1. The molecule has 32 heavy (non-hydrogen) atoms. The average Bonchev–Trinajstić information content (AvgIpc) is 3.30. The molecule has 1 N–H and O–H groups in total. The van der Waals surface area contributed by atoms with Crippen molar-refractivity contribution < 1.29 is 19.0 Å². The predicted octanol–water partition coefficient (Wildman–Crippen LogP) is 3.11. The first-order chi connectivity index (χ1) is 15.6. The topological polar surface area (TPSA) is 100 Å². The largest absolute Gasteiger partial charge is 0.493 e. The fraction of sp³-hybridized carbons (Fsp3) is 0.304. The molecule has 0 amide bonds. The molecule has 0 saturated carbocycles. The van der Waals surface area contributed by atoms with Gasteiger partial charge in [0.15, 0.2) is 17.3 Å². The monoisotopic (exact) mass is 433 g/mol. The van der Waals surface area contributed by atoms with Gasteiger partial charge in [-0.05, 0) is 41.7 Å². The summed E-state index contributed by atoms with van der Waals surface area (Å²) < 4.78 is 18.2. The third kappa shape index (κ3) is 3.17. The lowest BCUT2D eigenvalue weighted by Gasteiger charge is -2.35. The molecule has 2 atom stereocenters. The predicted molar refractivity (Wildman–Crippen MR) is 116 cm³/mol. The number of aromatic nitrogens is 4. The van der Waals surface area contributed by atoms with E-state index >= 15 is 0 Å². The third-order valence-electron chi connectivity index (χ3n) is 6.02. The van der Waals surface area contributed by atoms with Crippen LogP contribution in [0.5, 0.6) is 17.2 Å². The van der Waals surface area contributed by atoms with Crippen LogP contribution in [0.4, 0.5) is 5.95 Å². The van der Waals surface area contributed by atoms with Gasteiger partial charge in [-0.25, -0.2) is 4.68 Å². The number of anilines is 1. The molecule has 9 heteroatoms. The number of carbonyl (C=O) groups excluding carboxylic acids is 1. The summed E-state index contributed by atoms with van der Waals surface area (Å²) in [5.41, 5.74) is 3.41. The van der Waals surface area contributed by atoms with Gasteiger partial charge in [-0.1, -0.05) is 6.07 Å². The summed E-state index contributed by atoms with van der Waals surface area (Å²) >= 11 is 0. The van der Waals surface area contributed by atoms with Gasteiger partial charge in [0.2, 0.25) is 11.7 Å². The lowest BCUT2D eigenvalue weighted by Crippen LogP contribution is -2.33. The van der Waals surface area contributed by atoms with Gasteiger partial charge >= 0.3 is 0 Å². The minimum Gasteiger partial charge on any atom is -0.493 e. The SMILES string of the molecule is COc1cc([C@@H]2CC(=O)C3=C(C2)Nc2ncnn2[C@H]3c2cccnc2)cc(OC)c1OC. The van der Waals surface area contributed by atoms with Crippen LogP contribution in [0.2, 0.25) is 0 Å². The summed E-state index contributed by atoms with van der Waals surface area (Å²) in [6.07, 6.45) is 5.98. The molecule has 5 rings (SSSR count). The van der Waals surface area contributed by atoms with Crippen LogP contribution in [0.1, 0.15) is 35.9 Å². The smallest absolute Gasteiger partial charge is 0.226 e. The normalized spacial score (nSPS) is 19.7. The second kappa shape index (κ2) is 7.99. The van der Waals surface area contributed by atoms with Crippen LogP contribution in [-0.4, -0.2) is 46.9 Å². The number of allylic oxidation sites excluding steroid dienone is 2. The minimum absolute atomic E-state index is 0.0496. The van der Waals surface area contributed by atoms with Crippen molar-refractivity contribution in [3.05, 3.63) is 65.4 Å². The molecule has 2 aromatic heterocycles. The summed E-state index contributed by atoms with van der Waals surface area (Å²) in [6, 6.07) is 7.28. The number of hydrogen-bond donors (Lipinski definition) is 1. The number of ether oxygens (including phenoxy) is 3. The van der Waals surface area contributed by atoms with E-state index in [-0.39, 0.29) is 17.7 Å². The highest BCUT2D eigenvalue weighted by Crippen LogP contribution is 2.46. The third-order valence-corrected chi connectivity index (χ3v) is 6.02. The standard InChI is InChI=1S/C23H23N5O4/c1-30-18-9-15(10-19(31-2)22(18)32-3)14-7-16-20(17(29)8-14)21(13-5-4-6-24-11-13)28-23(27-16)25-12-26-28/h4-6,9-12,14,21H,7-8H2,1-3H3,(H,25,26,27)/t14-,21-/m0/s1. The average molecular weight is 433 g/mol. The Labute approximate surface area is 185 Å². The van der Waals surface area contributed by atoms with Gasteiger partial charge in [0.1, 0.15) is 12.4 Å². The molecule has 0 bridgehead atoms. The molecule has 0 unspecified atom stereocenters. The van der Waals surface area contributed by atoms with E-state index in [0.29, 0.717) is 41.6 Å². The Hall–Kier alpha value is -3.88. The van der Waals surface area contributed by atoms with E-state index in [2.05, 4.69) is 20.4 Å². The van der Waals surface area contributed by atoms with E-state index in [1.807, 2.05) is 24.3 Å². The van der Waals surface area contributed by atoms with Crippen LogP contribution in [0, 0.1) is 0 Å². The molecule has 2 aliphatic rings. The highest BCUT2D eigenvalue weighted by molar-refractivity contribution is 6.00. The first-order valence-corrected chi connectivity index (χ1v) is 10.3. The molecule has 3 heterocycles. The number of fused-ring (bicyclic) bond motifs is 1. The van der Waals surface area contributed by atoms with Gasteiger partial charge in [0, 0.05) is 30.1 Å². The van der Waals surface area contributed by atoms with E-state index in [4.69, 9.17) is 14.2 Å². The zero-order chi connectivity index (χ0) is 22.2. The maximum absolute atomic E-state index is 13.5. The zero-order valence-electron chi connectivity index (χ0n) is 18.0. The van der Waals surface area contributed by atoms with E-state index in [1.54, 1.807) is 38.4 Å². The maximum Gasteiger partial charge on any atom is 0.226 e. The number of benzene rings is 1. The van der Waals surface area contributed by atoms with Crippen LogP contribution in [0.25, 0.3) is 0 Å². The zero-order valence-corrected chi connectivity index (χ0v) is 18.0. The van der Waals surface area contributed by atoms with Crippen molar-refractivity contribution in [3.8, 4) is 17.2 Å². The van der Waals surface area contributed by atoms with E-state index in [0.717, 1.165) is 16.8 Å². The Morgan fingerprint density at radius 2 is 1.84 bits per heavy atom. The molecular weight excluding hydrogens is 410 g/mol. The van der Waals surface area contributed by atoms with Crippen molar-refractivity contribution in [2.45, 2.75) is 24.8 Å². The van der Waals surface area contributed by atoms with E-state index in [1.165, 1.54) is 6.33 Å². The number of methoxy groups -OCH3 is 3. The number of nitrogens with one attached hydrogen (secondary N) is 1. The Bertz CT molecular complexity index is 1180. The molecule has 9 nitrogen and oxygen atoms in total. The van der Waals surface area contributed by atoms with Gasteiger partial charge in [0.05, 0.1) is 21.3 Å². The first-order valence-electron chi connectivity index (χ1n) is 10.3. The molecule has 0 radical (unpaired) electrons. The van der Waals surface area contributed by atoms with Crippen molar-refractivity contribution in [1.82, 2.24) is 19.7 Å². The van der Waals surface area contributed by atoms with Gasteiger partial charge in [-0.15, -0.1) is 0 Å². The number of rotatable bonds is 5. The molecule has 1 aliphatic heterocycles. The van der Waals surface area contributed by atoms with E-state index in [9.17, 15) is 4.79 Å². The van der Waals surface area contributed by atoms with Crippen molar-refractivity contribution in [1.29, 1.82) is 0 Å². The second-order valence-electron chi connectivity index (χ2n) is 7.72. The Morgan fingerprint density at radius 1 is 1.06 bits per heavy atom. The van der Waals surface area contributed by atoms with Crippen molar-refractivity contribution in [2.75, 3.05) is 26.6 Å². The summed E-state index contributed by atoms with van der Waals surface area (Å²) in [6.45, 7) is 0. The summed E-state index contributed by atoms with van der Waals surface area (Å²) in [4.78, 5) is 22.1. The van der Waals surface area contributed by atoms with Crippen molar-refractivity contribution in [2.24, 2.45) is 0 Å². The molecular formula is C23H23N5O4. The molecule has 0 fully saturated rings. The number of carbonyl (C=O) groups is 1. The lowest BCUT2D eigenvalue weighted by atomic mass is 9.78. The number of Topliss-reactive ketones (excluding diaryl/α,β-unsaturated/α-hetero) is 1. The molecule has 1 aromatic carbocycles. The number of ketones is 1. The fourth-order valence-corrected chi connectivity index (χ4v) is 4.57. The van der Waals surface area contributed by atoms with Crippen LogP contribution >= 0.6 is 0 Å². The quantitative estimate of drug-likeness (QED) is 0.655. The molecule has 1 aliphatic carbocycles. The Balaban J connectivity index is 1.57. The molecule has 164 valence electrons. The minimum atomic E-state index is -0.356. The molecule has 0 spiro atoms.